The highest BCUT2D eigenvalue weighted by Gasteiger charge is 2.29. The molecule has 1 aromatic carbocycles. The van der Waals surface area contributed by atoms with Crippen molar-refractivity contribution in [2.24, 2.45) is 17.6 Å². The molecule has 3 aromatic rings. The molecule has 0 spiro atoms. The number of nitrogens with two attached hydrogens (primary N) is 1. The van der Waals surface area contributed by atoms with Gasteiger partial charge < -0.3 is 5.73 Å². The third-order valence-corrected chi connectivity index (χ3v) is 5.38. The number of amides is 1. The molecule has 2 aromatic heterocycles. The van der Waals surface area contributed by atoms with E-state index in [9.17, 15) is 4.79 Å². The first-order chi connectivity index (χ1) is 12.1. The molecule has 8 heteroatoms. The fourth-order valence-corrected chi connectivity index (χ4v) is 3.95. The van der Waals surface area contributed by atoms with Crippen molar-refractivity contribution in [3.63, 3.8) is 0 Å². The van der Waals surface area contributed by atoms with E-state index < -0.39 is 0 Å². The molecule has 0 saturated heterocycles. The molecule has 2 N–H and O–H groups in total. The van der Waals surface area contributed by atoms with E-state index in [4.69, 9.17) is 5.73 Å². The van der Waals surface area contributed by atoms with E-state index in [1.54, 1.807) is 10.9 Å². The molecule has 1 aliphatic carbocycles. The summed E-state index contributed by atoms with van der Waals surface area (Å²) in [6, 6.07) is 8.02. The smallest absolute Gasteiger partial charge is 0.220 e. The van der Waals surface area contributed by atoms with Crippen LogP contribution in [0, 0.1) is 15.4 Å². The average molecular weight is 448 g/mol. The number of carbonyl (C=O) groups is 1. The van der Waals surface area contributed by atoms with Crippen molar-refractivity contribution in [1.82, 2.24) is 25.0 Å². The molecule has 0 bridgehead atoms. The third-order valence-electron chi connectivity index (χ3n) is 4.71. The van der Waals surface area contributed by atoms with E-state index in [-0.39, 0.29) is 11.8 Å². The van der Waals surface area contributed by atoms with Crippen molar-refractivity contribution in [3.8, 4) is 5.69 Å². The van der Waals surface area contributed by atoms with Gasteiger partial charge in [-0.1, -0.05) is 11.3 Å². The van der Waals surface area contributed by atoms with Crippen molar-refractivity contribution in [2.45, 2.75) is 25.7 Å². The minimum Gasteiger partial charge on any atom is -0.369 e. The summed E-state index contributed by atoms with van der Waals surface area (Å²) < 4.78 is 2.86. The zero-order valence-electron chi connectivity index (χ0n) is 13.5. The van der Waals surface area contributed by atoms with Gasteiger partial charge in [0, 0.05) is 15.9 Å². The lowest BCUT2D eigenvalue weighted by Gasteiger charge is -2.08. The number of hydrogen-bond donors (Lipinski definition) is 1. The molecule has 1 amide bonds. The Morgan fingerprint density at radius 1 is 1.36 bits per heavy atom. The minimum absolute atomic E-state index is 0.00711. The molecule has 2 heterocycles. The fourth-order valence-electron chi connectivity index (χ4n) is 3.42. The van der Waals surface area contributed by atoms with Crippen LogP contribution in [0.5, 0.6) is 0 Å². The van der Waals surface area contributed by atoms with Crippen LogP contribution in [0.25, 0.3) is 16.9 Å². The molecule has 2 atom stereocenters. The van der Waals surface area contributed by atoms with Gasteiger partial charge in [0.05, 0.1) is 11.9 Å². The van der Waals surface area contributed by atoms with E-state index >= 15 is 0 Å². The minimum atomic E-state index is -0.195. The third kappa shape index (κ3) is 3.35. The van der Waals surface area contributed by atoms with Gasteiger partial charge in [0.25, 0.3) is 0 Å². The highest BCUT2D eigenvalue weighted by atomic mass is 127. The zero-order chi connectivity index (χ0) is 17.4. The second-order valence-electron chi connectivity index (χ2n) is 6.46. The molecule has 25 heavy (non-hydrogen) atoms. The van der Waals surface area contributed by atoms with Gasteiger partial charge in [-0.3, -0.25) is 4.79 Å². The number of aromatic nitrogens is 5. The van der Waals surface area contributed by atoms with Gasteiger partial charge in [-0.25, -0.2) is 9.97 Å². The number of halogens is 1. The second kappa shape index (κ2) is 6.66. The van der Waals surface area contributed by atoms with Gasteiger partial charge in [0.15, 0.2) is 11.2 Å². The Hall–Kier alpha value is -2.10. The Balaban J connectivity index is 1.62. The molecule has 1 aliphatic rings. The first-order valence-electron chi connectivity index (χ1n) is 8.23. The van der Waals surface area contributed by atoms with Crippen LogP contribution < -0.4 is 5.73 Å². The summed E-state index contributed by atoms with van der Waals surface area (Å²) in [5, 5.41) is 8.37. The monoisotopic (exact) mass is 448 g/mol. The number of nitrogens with zero attached hydrogens (tertiary/aromatic N) is 5. The number of benzene rings is 1. The predicted molar refractivity (Wildman–Crippen MR) is 101 cm³/mol. The summed E-state index contributed by atoms with van der Waals surface area (Å²) in [6.07, 6.45) is 5.14. The Bertz CT molecular complexity index is 940. The van der Waals surface area contributed by atoms with Crippen molar-refractivity contribution in [2.75, 3.05) is 0 Å². The van der Waals surface area contributed by atoms with Gasteiger partial charge in [-0.15, -0.1) is 5.10 Å². The molecule has 0 radical (unpaired) electrons. The van der Waals surface area contributed by atoms with Gasteiger partial charge >= 0.3 is 0 Å². The maximum absolute atomic E-state index is 11.3. The van der Waals surface area contributed by atoms with Crippen LogP contribution in [0.4, 0.5) is 0 Å². The van der Waals surface area contributed by atoms with Crippen LogP contribution in [0.2, 0.25) is 0 Å². The van der Waals surface area contributed by atoms with Crippen LogP contribution in [0.1, 0.15) is 25.1 Å². The molecular formula is C17H17IN6O. The van der Waals surface area contributed by atoms with E-state index in [2.05, 4.69) is 42.9 Å². The molecule has 0 unspecified atom stereocenters. The number of rotatable bonds is 4. The lowest BCUT2D eigenvalue weighted by Crippen LogP contribution is -2.21. The van der Waals surface area contributed by atoms with Crippen LogP contribution >= 0.6 is 22.6 Å². The molecule has 128 valence electrons. The lowest BCUT2D eigenvalue weighted by molar-refractivity contribution is -0.121. The topological polar surface area (TPSA) is 99.6 Å². The molecule has 1 saturated carbocycles. The molecule has 0 aliphatic heterocycles. The quantitative estimate of drug-likeness (QED) is 0.618. The fraction of sp³-hybridized carbons (Fsp3) is 0.353. The molecule has 4 rings (SSSR count). The van der Waals surface area contributed by atoms with E-state index in [0.717, 1.165) is 40.8 Å². The maximum atomic E-state index is 11.3. The van der Waals surface area contributed by atoms with Crippen molar-refractivity contribution < 1.29 is 4.79 Å². The van der Waals surface area contributed by atoms with Gasteiger partial charge in [-0.05, 0) is 66.0 Å². The highest BCUT2D eigenvalue weighted by molar-refractivity contribution is 14.1. The summed E-state index contributed by atoms with van der Waals surface area (Å²) in [6.45, 7) is 0. The molecular weight excluding hydrogens is 431 g/mol. The van der Waals surface area contributed by atoms with Crippen molar-refractivity contribution in [1.29, 1.82) is 0 Å². The van der Waals surface area contributed by atoms with E-state index in [1.165, 1.54) is 0 Å². The largest absolute Gasteiger partial charge is 0.369 e. The standard InChI is InChI=1S/C17H17IN6O/c18-12-2-1-3-13(8-12)24-17-14(22-23-24)9-20-15(21-17)7-10-4-5-11(6-10)16(19)25/h1-3,8-11H,4-7H2,(H2,19,25)/t10-,11-/m1/s1. The normalized spacial score (nSPS) is 20.2. The Morgan fingerprint density at radius 3 is 3.00 bits per heavy atom. The van der Waals surface area contributed by atoms with Crippen LogP contribution in [0.3, 0.4) is 0 Å². The summed E-state index contributed by atoms with van der Waals surface area (Å²) in [4.78, 5) is 20.4. The Kier molecular flexibility index (Phi) is 4.36. The number of hydrogen-bond acceptors (Lipinski definition) is 5. The van der Waals surface area contributed by atoms with E-state index in [1.807, 2.05) is 24.3 Å². The first-order valence-corrected chi connectivity index (χ1v) is 9.30. The summed E-state index contributed by atoms with van der Waals surface area (Å²) in [7, 11) is 0. The summed E-state index contributed by atoms with van der Waals surface area (Å²) >= 11 is 2.27. The van der Waals surface area contributed by atoms with Crippen LogP contribution in [-0.2, 0) is 11.2 Å². The summed E-state index contributed by atoms with van der Waals surface area (Å²) in [5.74, 6) is 0.959. The predicted octanol–water partition coefficient (Wildman–Crippen LogP) is 2.26. The van der Waals surface area contributed by atoms with Crippen molar-refractivity contribution >= 4 is 39.7 Å². The van der Waals surface area contributed by atoms with E-state index in [0.29, 0.717) is 17.1 Å². The molecule has 1 fully saturated rings. The highest BCUT2D eigenvalue weighted by Crippen LogP contribution is 2.32. The van der Waals surface area contributed by atoms with Gasteiger partial charge in [-0.2, -0.15) is 4.68 Å². The Labute approximate surface area is 158 Å². The Morgan fingerprint density at radius 2 is 2.24 bits per heavy atom. The van der Waals surface area contributed by atoms with Crippen molar-refractivity contribution in [3.05, 3.63) is 39.9 Å². The zero-order valence-corrected chi connectivity index (χ0v) is 15.6. The number of carbonyl (C=O) groups excluding carboxylic acids is 1. The lowest BCUT2D eigenvalue weighted by atomic mass is 10.0. The first kappa shape index (κ1) is 16.4. The molecule has 7 nitrogen and oxygen atoms in total. The number of fused-ring (bicyclic) bond motifs is 1. The van der Waals surface area contributed by atoms with Gasteiger partial charge in [0.2, 0.25) is 5.91 Å². The van der Waals surface area contributed by atoms with Crippen LogP contribution in [-0.4, -0.2) is 30.9 Å². The average Bonchev–Trinajstić information content (AvgIpc) is 3.21. The number of primary amides is 1. The SMILES string of the molecule is NC(=O)[C@@H]1CC[C@@H](Cc2ncc3nnn(-c4cccc(I)c4)c3n2)C1. The second-order valence-corrected chi connectivity index (χ2v) is 7.70. The van der Waals surface area contributed by atoms with Gasteiger partial charge in [0.1, 0.15) is 5.82 Å². The maximum Gasteiger partial charge on any atom is 0.220 e. The van der Waals surface area contributed by atoms with Crippen LogP contribution in [0.15, 0.2) is 30.5 Å². The summed E-state index contributed by atoms with van der Waals surface area (Å²) in [5.41, 5.74) is 7.72.